The second-order valence-corrected chi connectivity index (χ2v) is 15.2. The van der Waals surface area contributed by atoms with E-state index in [0.717, 1.165) is 38.5 Å². The summed E-state index contributed by atoms with van der Waals surface area (Å²) in [5.74, 6) is -3.36. The van der Waals surface area contributed by atoms with E-state index in [1.807, 2.05) is 14.0 Å². The summed E-state index contributed by atoms with van der Waals surface area (Å²) in [6.07, 6.45) is 3.89. The highest BCUT2D eigenvalue weighted by Gasteiger charge is 2.99. The monoisotopic (exact) mass is 647 g/mol. The third-order valence-corrected chi connectivity index (χ3v) is 12.3. The molecule has 2 saturated carbocycles. The molecule has 10 atom stereocenters. The molecule has 6 aliphatic rings. The van der Waals surface area contributed by atoms with Crippen LogP contribution < -0.4 is 11.1 Å². The molecular weight excluding hydrogens is 592 g/mol. The summed E-state index contributed by atoms with van der Waals surface area (Å²) in [5.41, 5.74) is 3.85. The van der Waals surface area contributed by atoms with Gasteiger partial charge >= 0.3 is 17.9 Å². The molecule has 6 rings (SSSR count). The van der Waals surface area contributed by atoms with Crippen molar-refractivity contribution in [3.05, 3.63) is 11.1 Å². The molecule has 2 aliphatic carbocycles. The van der Waals surface area contributed by atoms with Gasteiger partial charge in [0.1, 0.15) is 16.9 Å². The van der Waals surface area contributed by atoms with E-state index in [1.54, 1.807) is 6.92 Å². The Morgan fingerprint density at radius 2 is 1.93 bits per heavy atom. The van der Waals surface area contributed by atoms with Crippen LogP contribution in [0.5, 0.6) is 0 Å². The minimum atomic E-state index is -1.59. The molecule has 3 saturated heterocycles. The number of carbonyl (C=O) groups excluding carboxylic acids is 3. The fourth-order valence-corrected chi connectivity index (χ4v) is 10.8. The molecule has 0 amide bonds. The molecular formula is C35H55N2O9+. The first kappa shape index (κ1) is 33.8. The zero-order valence-electron chi connectivity index (χ0n) is 28.7. The van der Waals surface area contributed by atoms with Crippen molar-refractivity contribution in [2.75, 3.05) is 33.4 Å². The van der Waals surface area contributed by atoms with Crippen LogP contribution in [0.15, 0.2) is 11.1 Å². The highest BCUT2D eigenvalue weighted by Crippen LogP contribution is 2.80. The second-order valence-electron chi connectivity index (χ2n) is 15.2. The van der Waals surface area contributed by atoms with E-state index >= 15 is 0 Å². The van der Waals surface area contributed by atoms with Gasteiger partial charge in [-0.3, -0.25) is 4.79 Å². The molecule has 0 aromatic rings. The number of esters is 3. The maximum absolute atomic E-state index is 14.1. The highest BCUT2D eigenvalue weighted by molar-refractivity contribution is 6.00. The maximum Gasteiger partial charge on any atom is 0.522 e. The smallest absolute Gasteiger partial charge is 0.451 e. The Balaban J connectivity index is 1.53. The predicted octanol–water partition coefficient (Wildman–Crippen LogP) is 3.54. The van der Waals surface area contributed by atoms with E-state index in [9.17, 15) is 14.4 Å². The summed E-state index contributed by atoms with van der Waals surface area (Å²) in [6.45, 7) is 14.0. The Bertz CT molecular complexity index is 1280. The number of fused-ring (bicyclic) bond motifs is 1. The third-order valence-electron chi connectivity index (χ3n) is 12.3. The summed E-state index contributed by atoms with van der Waals surface area (Å²) in [5, 5.41) is 3.42. The van der Waals surface area contributed by atoms with Crippen LogP contribution in [-0.4, -0.2) is 91.9 Å². The third kappa shape index (κ3) is 4.17. The SMILES string of the molecule is CCCCO[C@@H]1[C@@H]2OC(=O)C(C)=C2[C@@]23OC4(CN)OC(=O)[C@H](CCC)C45C(OC2=[OH+])[C@]13CC[C@H]5CC(C)(C)CC(COCC)NC. The fourth-order valence-electron chi connectivity index (χ4n) is 10.8. The number of nitrogens with two attached hydrogens (primary N) is 1. The van der Waals surface area contributed by atoms with Gasteiger partial charge in [0.25, 0.3) is 5.60 Å². The van der Waals surface area contributed by atoms with Crippen LogP contribution in [-0.2, 0) is 38.0 Å². The fraction of sp³-hybridized carbons (Fsp3) is 0.857. The van der Waals surface area contributed by atoms with Crippen LogP contribution >= 0.6 is 0 Å². The molecule has 4 N–H and O–H groups in total. The molecule has 0 aromatic carbocycles. The van der Waals surface area contributed by atoms with E-state index in [1.165, 1.54) is 0 Å². The highest BCUT2D eigenvalue weighted by atomic mass is 16.8. The lowest BCUT2D eigenvalue weighted by Gasteiger charge is -2.62. The number of carbonyl (C=O) groups is 2. The lowest BCUT2D eigenvalue weighted by atomic mass is 9.42. The number of unbranched alkanes of at least 4 members (excludes halogenated alkanes) is 1. The Labute approximate surface area is 272 Å². The average molecular weight is 648 g/mol. The number of nitrogens with one attached hydrogen (secondary N) is 1. The van der Waals surface area contributed by atoms with Gasteiger partial charge in [-0.15, -0.1) is 0 Å². The summed E-state index contributed by atoms with van der Waals surface area (Å²) in [6, 6.07) is 0.153. The molecule has 4 unspecified atom stereocenters. The first-order valence-corrected chi connectivity index (χ1v) is 17.6. The minimum absolute atomic E-state index is 0.0902. The van der Waals surface area contributed by atoms with Crippen molar-refractivity contribution in [2.45, 2.75) is 129 Å². The van der Waals surface area contributed by atoms with Gasteiger partial charge in [0.2, 0.25) is 11.9 Å². The molecule has 4 heterocycles. The Kier molecular flexibility index (Phi) is 8.70. The van der Waals surface area contributed by atoms with Gasteiger partial charge in [0.15, 0.2) is 6.10 Å². The second kappa shape index (κ2) is 11.8. The topological polar surface area (TPSA) is 149 Å². The first-order chi connectivity index (χ1) is 21.9. The minimum Gasteiger partial charge on any atom is -0.451 e. The van der Waals surface area contributed by atoms with Crippen molar-refractivity contribution >= 4 is 17.9 Å². The summed E-state index contributed by atoms with van der Waals surface area (Å²) < 4.78 is 38.9. The normalized spacial score (nSPS) is 41.2. The Morgan fingerprint density at radius 3 is 2.59 bits per heavy atom. The molecule has 11 heteroatoms. The molecule has 46 heavy (non-hydrogen) atoms. The van der Waals surface area contributed by atoms with Crippen LogP contribution in [0.3, 0.4) is 0 Å². The van der Waals surface area contributed by atoms with Crippen molar-refractivity contribution in [1.82, 2.24) is 5.32 Å². The zero-order chi connectivity index (χ0) is 33.3. The van der Waals surface area contributed by atoms with Gasteiger partial charge in [0, 0.05) is 30.4 Å². The summed E-state index contributed by atoms with van der Waals surface area (Å²) >= 11 is 0. The van der Waals surface area contributed by atoms with Gasteiger partial charge in [-0.25, -0.2) is 4.79 Å². The molecule has 11 nitrogen and oxygen atoms in total. The number of likely N-dealkylation sites (N-methyl/N-ethyl adjacent to an activating group) is 1. The van der Waals surface area contributed by atoms with Crippen LogP contribution in [0.2, 0.25) is 0 Å². The van der Waals surface area contributed by atoms with Crippen molar-refractivity contribution < 1.29 is 42.8 Å². The molecule has 5 fully saturated rings. The van der Waals surface area contributed by atoms with E-state index in [2.05, 4.69) is 33.0 Å². The Hall–Kier alpha value is -2.05. The Morgan fingerprint density at radius 1 is 1.17 bits per heavy atom. The summed E-state index contributed by atoms with van der Waals surface area (Å²) in [7, 11) is 1.96. The molecule has 2 spiro atoms. The number of ether oxygens (including phenoxy) is 6. The standard InChI is InChI=1S/C35H54N2O9/c1-8-11-15-42-26-25-24(20(4)27(38)43-25)35-30(40)44-29-32(26,35)14-13-21(16-31(5,6)17-22(37-7)18-41-10-3)34(29)23(12-9-2)28(39)45-33(34,19-36)46-35/h21-23,25-26,29,37H,8-19,36H2,1-7H3/p+1/t21-,22?,23-,25+,26+,29?,32-,33?,34?,35+/m0/s1. The number of hydrogen-bond acceptors (Lipinski definition) is 10. The maximum atomic E-state index is 14.1. The average Bonchev–Trinajstić information content (AvgIpc) is 3.59. The van der Waals surface area contributed by atoms with Gasteiger partial charge in [0.05, 0.1) is 19.1 Å². The van der Waals surface area contributed by atoms with E-state index in [-0.39, 0.29) is 35.9 Å². The zero-order valence-corrected chi connectivity index (χ0v) is 28.7. The molecule has 0 radical (unpaired) electrons. The van der Waals surface area contributed by atoms with Crippen LogP contribution in [0, 0.1) is 28.1 Å². The largest absolute Gasteiger partial charge is 0.522 e. The van der Waals surface area contributed by atoms with Gasteiger partial charge in [-0.1, -0.05) is 40.5 Å². The van der Waals surface area contributed by atoms with Crippen LogP contribution in [0.25, 0.3) is 0 Å². The number of hydrogen-bond donors (Lipinski definition) is 2. The summed E-state index contributed by atoms with van der Waals surface area (Å²) in [4.78, 5) is 39.3. The van der Waals surface area contributed by atoms with E-state index in [0.29, 0.717) is 43.8 Å². The number of rotatable bonds is 15. The molecule has 4 aliphatic heterocycles. The molecule has 0 aromatic heterocycles. The van der Waals surface area contributed by atoms with Crippen molar-refractivity contribution in [3.8, 4) is 0 Å². The van der Waals surface area contributed by atoms with Crippen LogP contribution in [0.4, 0.5) is 0 Å². The lowest BCUT2D eigenvalue weighted by molar-refractivity contribution is -0.380. The van der Waals surface area contributed by atoms with E-state index < -0.39 is 52.4 Å². The van der Waals surface area contributed by atoms with Crippen LogP contribution in [0.1, 0.15) is 92.9 Å². The van der Waals surface area contributed by atoms with Gasteiger partial charge in [-0.2, -0.15) is 0 Å². The quantitative estimate of drug-likeness (QED) is 0.117. The van der Waals surface area contributed by atoms with E-state index in [4.69, 9.17) is 34.2 Å². The molecule has 258 valence electrons. The van der Waals surface area contributed by atoms with Crippen molar-refractivity contribution in [3.63, 3.8) is 0 Å². The first-order valence-electron chi connectivity index (χ1n) is 17.6. The van der Waals surface area contributed by atoms with Gasteiger partial charge in [-0.05, 0) is 70.8 Å². The van der Waals surface area contributed by atoms with Crippen molar-refractivity contribution in [1.29, 1.82) is 0 Å². The lowest BCUT2D eigenvalue weighted by Crippen LogP contribution is -2.78. The van der Waals surface area contributed by atoms with Crippen molar-refractivity contribution in [2.24, 2.45) is 33.8 Å². The van der Waals surface area contributed by atoms with Gasteiger partial charge < -0.3 is 44.3 Å². The predicted molar refractivity (Wildman–Crippen MR) is 169 cm³/mol. The molecule has 4 bridgehead atoms.